The van der Waals surface area contributed by atoms with Gasteiger partial charge in [-0.25, -0.2) is 0 Å². The second-order valence-corrected chi connectivity index (χ2v) is 3.67. The fourth-order valence-electron chi connectivity index (χ4n) is 1.64. The predicted octanol–water partition coefficient (Wildman–Crippen LogP) is 2.03. The zero-order chi connectivity index (χ0) is 13.0. The van der Waals surface area contributed by atoms with Crippen molar-refractivity contribution in [1.82, 2.24) is 4.90 Å². The van der Waals surface area contributed by atoms with Crippen LogP contribution in [0.3, 0.4) is 0 Å². The van der Waals surface area contributed by atoms with Gasteiger partial charge in [-0.2, -0.15) is 5.26 Å². The lowest BCUT2D eigenvalue weighted by Gasteiger charge is -2.14. The molecule has 0 atom stereocenters. The molecule has 0 saturated carbocycles. The molecule has 0 N–H and O–H groups in total. The molecule has 0 spiro atoms. The molecule has 0 aliphatic carbocycles. The quantitative estimate of drug-likeness (QED) is 0.607. The van der Waals surface area contributed by atoms with Crippen LogP contribution in [0.25, 0.3) is 11.0 Å². The average molecular weight is 238 g/mol. The van der Waals surface area contributed by atoms with E-state index in [1.165, 1.54) is 4.90 Å². The highest BCUT2D eigenvalue weighted by Crippen LogP contribution is 2.19. The molecule has 0 unspecified atom stereocenters. The van der Waals surface area contributed by atoms with Crippen LogP contribution in [0.1, 0.15) is 10.6 Å². The third-order valence-electron chi connectivity index (χ3n) is 2.47. The number of para-hydroxylation sites is 1. The van der Waals surface area contributed by atoms with Crippen LogP contribution in [-0.2, 0) is 0 Å². The number of furan rings is 1. The molecule has 4 heteroatoms. The average Bonchev–Trinajstić information content (AvgIpc) is 2.81. The number of carbonyl (C=O) groups excluding carboxylic acids is 1. The Kier molecular flexibility index (Phi) is 3.31. The molecule has 2 aromatic rings. The van der Waals surface area contributed by atoms with Crippen molar-refractivity contribution in [3.8, 4) is 18.4 Å². The molecule has 88 valence electrons. The molecule has 1 aromatic heterocycles. The fourth-order valence-corrected chi connectivity index (χ4v) is 1.64. The first-order valence-electron chi connectivity index (χ1n) is 5.34. The molecule has 0 bridgehead atoms. The summed E-state index contributed by atoms with van der Waals surface area (Å²) in [6, 6.07) is 10.9. The lowest BCUT2D eigenvalue weighted by Crippen LogP contribution is -2.31. The summed E-state index contributed by atoms with van der Waals surface area (Å²) in [7, 11) is 0. The number of nitrogens with zero attached hydrogens (tertiary/aromatic N) is 2. The Bertz CT molecular complexity index is 609. The van der Waals surface area contributed by atoms with Gasteiger partial charge in [0.2, 0.25) is 0 Å². The van der Waals surface area contributed by atoms with Crippen molar-refractivity contribution >= 4 is 16.9 Å². The Labute approximate surface area is 104 Å². The zero-order valence-corrected chi connectivity index (χ0v) is 9.59. The van der Waals surface area contributed by atoms with Crippen LogP contribution in [0.2, 0.25) is 0 Å². The van der Waals surface area contributed by atoms with E-state index in [4.69, 9.17) is 16.1 Å². The van der Waals surface area contributed by atoms with Gasteiger partial charge in [0.25, 0.3) is 5.91 Å². The number of benzene rings is 1. The second-order valence-electron chi connectivity index (χ2n) is 3.67. The molecule has 1 aromatic carbocycles. The van der Waals surface area contributed by atoms with Crippen molar-refractivity contribution in [2.45, 2.75) is 0 Å². The molecule has 1 amide bonds. The highest BCUT2D eigenvalue weighted by Gasteiger charge is 2.18. The molecule has 1 heterocycles. The molecular formula is C14H10N2O2. The molecule has 4 nitrogen and oxygen atoms in total. The molecule has 0 fully saturated rings. The van der Waals surface area contributed by atoms with Crippen LogP contribution >= 0.6 is 0 Å². The SMILES string of the molecule is C#CCN(CC#N)C(=O)c1cc2ccccc2o1. The standard InChI is InChI=1S/C14H10N2O2/c1-2-8-16(9-7-15)14(17)13-10-11-5-3-4-6-12(11)18-13/h1,3-6,10H,8-9H2. The Morgan fingerprint density at radius 1 is 1.39 bits per heavy atom. The number of fused-ring (bicyclic) bond motifs is 1. The predicted molar refractivity (Wildman–Crippen MR) is 66.6 cm³/mol. The van der Waals surface area contributed by atoms with Crippen molar-refractivity contribution in [2.75, 3.05) is 13.1 Å². The van der Waals surface area contributed by atoms with Crippen molar-refractivity contribution in [3.63, 3.8) is 0 Å². The van der Waals surface area contributed by atoms with Crippen LogP contribution in [0.5, 0.6) is 0 Å². The Hall–Kier alpha value is -2.72. The van der Waals surface area contributed by atoms with Gasteiger partial charge >= 0.3 is 0 Å². The summed E-state index contributed by atoms with van der Waals surface area (Å²) in [5.41, 5.74) is 0.637. The van der Waals surface area contributed by atoms with Gasteiger partial charge < -0.3 is 9.32 Å². The van der Waals surface area contributed by atoms with E-state index in [1.54, 1.807) is 12.1 Å². The number of carbonyl (C=O) groups is 1. The van der Waals surface area contributed by atoms with Gasteiger partial charge in [0.05, 0.1) is 12.6 Å². The molecule has 0 aliphatic heterocycles. The molecule has 18 heavy (non-hydrogen) atoms. The topological polar surface area (TPSA) is 57.2 Å². The van der Waals surface area contributed by atoms with E-state index in [1.807, 2.05) is 24.3 Å². The summed E-state index contributed by atoms with van der Waals surface area (Å²) >= 11 is 0. The smallest absolute Gasteiger partial charge is 0.291 e. The number of hydrogen-bond donors (Lipinski definition) is 0. The molecule has 0 saturated heterocycles. The summed E-state index contributed by atoms with van der Waals surface area (Å²) < 4.78 is 5.43. The summed E-state index contributed by atoms with van der Waals surface area (Å²) in [6.45, 7) is 0.0313. The largest absolute Gasteiger partial charge is 0.451 e. The van der Waals surface area contributed by atoms with E-state index >= 15 is 0 Å². The van der Waals surface area contributed by atoms with Crippen molar-refractivity contribution in [2.24, 2.45) is 0 Å². The number of rotatable bonds is 3. The van der Waals surface area contributed by atoms with Gasteiger partial charge in [-0.3, -0.25) is 4.79 Å². The van der Waals surface area contributed by atoms with E-state index in [0.29, 0.717) is 5.58 Å². The van der Waals surface area contributed by atoms with Crippen LogP contribution in [0.4, 0.5) is 0 Å². The highest BCUT2D eigenvalue weighted by molar-refractivity contribution is 5.96. The number of amides is 1. The van der Waals surface area contributed by atoms with Gasteiger partial charge in [-0.1, -0.05) is 24.1 Å². The summed E-state index contributed by atoms with van der Waals surface area (Å²) in [4.78, 5) is 13.3. The van der Waals surface area contributed by atoms with Crippen LogP contribution < -0.4 is 0 Å². The lowest BCUT2D eigenvalue weighted by molar-refractivity contribution is 0.0766. The second kappa shape index (κ2) is 5.07. The summed E-state index contributed by atoms with van der Waals surface area (Å²) in [5, 5.41) is 9.50. The molecule has 2 rings (SSSR count). The van der Waals surface area contributed by atoms with E-state index in [0.717, 1.165) is 5.39 Å². The van der Waals surface area contributed by atoms with Gasteiger partial charge in [0.1, 0.15) is 12.1 Å². The first kappa shape index (κ1) is 11.8. The number of nitriles is 1. The minimum atomic E-state index is -0.370. The van der Waals surface area contributed by atoms with Gasteiger partial charge in [0, 0.05) is 5.39 Å². The fraction of sp³-hybridized carbons (Fsp3) is 0.143. The zero-order valence-electron chi connectivity index (χ0n) is 9.59. The van der Waals surface area contributed by atoms with Crippen molar-refractivity contribution in [3.05, 3.63) is 36.1 Å². The van der Waals surface area contributed by atoms with Gasteiger partial charge in [-0.15, -0.1) is 6.42 Å². The lowest BCUT2D eigenvalue weighted by atomic mass is 10.2. The van der Waals surface area contributed by atoms with E-state index in [-0.39, 0.29) is 24.8 Å². The Morgan fingerprint density at radius 2 is 2.17 bits per heavy atom. The number of hydrogen-bond acceptors (Lipinski definition) is 3. The maximum atomic E-state index is 12.1. The number of terminal acetylenes is 1. The Balaban J connectivity index is 2.32. The van der Waals surface area contributed by atoms with Crippen molar-refractivity contribution in [1.29, 1.82) is 5.26 Å². The first-order chi connectivity index (χ1) is 8.76. The van der Waals surface area contributed by atoms with Crippen LogP contribution in [-0.4, -0.2) is 23.9 Å². The van der Waals surface area contributed by atoms with Crippen LogP contribution in [0, 0.1) is 23.7 Å². The first-order valence-corrected chi connectivity index (χ1v) is 5.34. The van der Waals surface area contributed by atoms with E-state index < -0.39 is 0 Å². The van der Waals surface area contributed by atoms with Crippen LogP contribution in [0.15, 0.2) is 34.7 Å². The molecular weight excluding hydrogens is 228 g/mol. The minimum absolute atomic E-state index is 0.0555. The monoisotopic (exact) mass is 238 g/mol. The summed E-state index contributed by atoms with van der Waals surface area (Å²) in [6.07, 6.45) is 5.17. The normalized spacial score (nSPS) is 9.67. The maximum Gasteiger partial charge on any atom is 0.291 e. The van der Waals surface area contributed by atoms with Gasteiger partial charge in [0.15, 0.2) is 5.76 Å². The van der Waals surface area contributed by atoms with E-state index in [9.17, 15) is 4.79 Å². The highest BCUT2D eigenvalue weighted by atomic mass is 16.3. The third-order valence-corrected chi connectivity index (χ3v) is 2.47. The third kappa shape index (κ3) is 2.18. The summed E-state index contributed by atoms with van der Waals surface area (Å²) in [5.74, 6) is 2.18. The molecule has 0 radical (unpaired) electrons. The maximum absolute atomic E-state index is 12.1. The van der Waals surface area contributed by atoms with Crippen molar-refractivity contribution < 1.29 is 9.21 Å². The molecule has 0 aliphatic rings. The van der Waals surface area contributed by atoms with E-state index in [2.05, 4.69) is 5.92 Å². The Morgan fingerprint density at radius 3 is 2.83 bits per heavy atom. The van der Waals surface area contributed by atoms with Gasteiger partial charge in [-0.05, 0) is 12.1 Å². The minimum Gasteiger partial charge on any atom is -0.451 e.